The zero-order valence-electron chi connectivity index (χ0n) is 12.5. The first kappa shape index (κ1) is 17.2. The minimum absolute atomic E-state index is 0.0264. The van der Waals surface area contributed by atoms with Gasteiger partial charge in [-0.3, -0.25) is 4.79 Å². The van der Waals surface area contributed by atoms with Crippen molar-refractivity contribution < 1.29 is 9.90 Å². The van der Waals surface area contributed by atoms with Crippen molar-refractivity contribution in [2.45, 2.75) is 53.9 Å². The van der Waals surface area contributed by atoms with E-state index in [2.05, 4.69) is 33.0 Å². The second-order valence-corrected chi connectivity index (χ2v) is 5.99. The number of rotatable bonds is 7. The average molecular weight is 255 g/mol. The van der Waals surface area contributed by atoms with Gasteiger partial charge in [0.2, 0.25) is 5.91 Å². The van der Waals surface area contributed by atoms with E-state index < -0.39 is 0 Å². The van der Waals surface area contributed by atoms with E-state index in [1.807, 2.05) is 6.92 Å². The van der Waals surface area contributed by atoms with Crippen LogP contribution in [0.2, 0.25) is 0 Å². The lowest BCUT2D eigenvalue weighted by molar-refractivity contribution is -0.116. The van der Waals surface area contributed by atoms with Gasteiger partial charge in [0.05, 0.1) is 0 Å². The second-order valence-electron chi connectivity index (χ2n) is 5.99. The van der Waals surface area contributed by atoms with Gasteiger partial charge in [-0.15, -0.1) is 0 Å². The summed E-state index contributed by atoms with van der Waals surface area (Å²) in [7, 11) is 0. The molecular formula is C15H29NO2. The smallest absolute Gasteiger partial charge is 0.243 e. The number of hydrogen-bond donors (Lipinski definition) is 2. The van der Waals surface area contributed by atoms with Crippen LogP contribution in [0, 0.1) is 11.3 Å². The summed E-state index contributed by atoms with van der Waals surface area (Å²) >= 11 is 0. The molecule has 0 aliphatic carbocycles. The van der Waals surface area contributed by atoms with E-state index in [0.29, 0.717) is 12.5 Å². The molecule has 0 fully saturated rings. The van der Waals surface area contributed by atoms with Crippen LogP contribution >= 0.6 is 0 Å². The molecule has 18 heavy (non-hydrogen) atoms. The first-order valence-electron chi connectivity index (χ1n) is 6.88. The maximum absolute atomic E-state index is 11.8. The monoisotopic (exact) mass is 255 g/mol. The zero-order valence-corrected chi connectivity index (χ0v) is 12.5. The standard InChI is InChI=1S/C15H29NO2/c1-6-7-13(8-9-17)11-16-14(18)10-12(2)15(3,4)5/h10,13,17H,6-9,11H2,1-5H3,(H,16,18)/b12-10-. The Morgan fingerprint density at radius 1 is 1.33 bits per heavy atom. The topological polar surface area (TPSA) is 49.3 Å². The second kappa shape index (κ2) is 8.30. The third kappa shape index (κ3) is 7.49. The Balaban J connectivity index is 4.24. The van der Waals surface area contributed by atoms with Gasteiger partial charge in [-0.05, 0) is 31.1 Å². The van der Waals surface area contributed by atoms with E-state index >= 15 is 0 Å². The number of aliphatic hydroxyl groups excluding tert-OH is 1. The van der Waals surface area contributed by atoms with Crippen molar-refractivity contribution in [2.75, 3.05) is 13.2 Å². The largest absolute Gasteiger partial charge is 0.396 e. The van der Waals surface area contributed by atoms with E-state index in [1.165, 1.54) is 0 Å². The van der Waals surface area contributed by atoms with Gasteiger partial charge in [-0.25, -0.2) is 0 Å². The van der Waals surface area contributed by atoms with Crippen LogP contribution in [0.3, 0.4) is 0 Å². The van der Waals surface area contributed by atoms with E-state index in [9.17, 15) is 4.79 Å². The van der Waals surface area contributed by atoms with Crippen LogP contribution in [-0.2, 0) is 4.79 Å². The summed E-state index contributed by atoms with van der Waals surface area (Å²) in [5.41, 5.74) is 1.11. The molecule has 0 spiro atoms. The van der Waals surface area contributed by atoms with Crippen LogP contribution in [0.15, 0.2) is 11.6 Å². The van der Waals surface area contributed by atoms with E-state index in [1.54, 1.807) is 6.08 Å². The SMILES string of the molecule is CCCC(CCO)CNC(=O)/C=C(/C)C(C)(C)C. The van der Waals surface area contributed by atoms with Gasteiger partial charge in [0.25, 0.3) is 0 Å². The Labute approximate surface area is 112 Å². The first-order chi connectivity index (χ1) is 8.31. The summed E-state index contributed by atoms with van der Waals surface area (Å²) in [5, 5.41) is 11.9. The number of nitrogens with one attached hydrogen (secondary N) is 1. The van der Waals surface area contributed by atoms with Crippen LogP contribution in [-0.4, -0.2) is 24.2 Å². The summed E-state index contributed by atoms with van der Waals surface area (Å²) < 4.78 is 0. The predicted octanol–water partition coefficient (Wildman–Crippen LogP) is 2.89. The molecule has 0 saturated carbocycles. The molecule has 0 aliphatic heterocycles. The van der Waals surface area contributed by atoms with Crippen molar-refractivity contribution in [3.05, 3.63) is 11.6 Å². The minimum Gasteiger partial charge on any atom is -0.396 e. The molecule has 3 heteroatoms. The van der Waals surface area contributed by atoms with Crippen LogP contribution in [0.25, 0.3) is 0 Å². The summed E-state index contributed by atoms with van der Waals surface area (Å²) in [4.78, 5) is 11.8. The molecule has 0 radical (unpaired) electrons. The Bertz CT molecular complexity index is 271. The minimum atomic E-state index is -0.0264. The highest BCUT2D eigenvalue weighted by Crippen LogP contribution is 2.23. The summed E-state index contributed by atoms with van der Waals surface area (Å²) in [6.07, 6.45) is 4.57. The number of carbonyl (C=O) groups is 1. The van der Waals surface area contributed by atoms with Crippen LogP contribution < -0.4 is 5.32 Å². The van der Waals surface area contributed by atoms with Gasteiger partial charge in [0.15, 0.2) is 0 Å². The van der Waals surface area contributed by atoms with Gasteiger partial charge in [-0.2, -0.15) is 0 Å². The normalized spacial score (nSPS) is 14.4. The molecule has 1 atom stereocenters. The highest BCUT2D eigenvalue weighted by Gasteiger charge is 2.14. The number of hydrogen-bond acceptors (Lipinski definition) is 2. The third-order valence-corrected chi connectivity index (χ3v) is 3.33. The van der Waals surface area contributed by atoms with Crippen molar-refractivity contribution in [1.82, 2.24) is 5.32 Å². The first-order valence-corrected chi connectivity index (χ1v) is 6.88. The van der Waals surface area contributed by atoms with Gasteiger partial charge in [0, 0.05) is 19.2 Å². The Morgan fingerprint density at radius 2 is 1.94 bits per heavy atom. The number of amides is 1. The lowest BCUT2D eigenvalue weighted by atomic mass is 9.87. The van der Waals surface area contributed by atoms with Gasteiger partial charge >= 0.3 is 0 Å². The highest BCUT2D eigenvalue weighted by molar-refractivity contribution is 5.88. The van der Waals surface area contributed by atoms with Crippen molar-refractivity contribution in [1.29, 1.82) is 0 Å². The lowest BCUT2D eigenvalue weighted by Crippen LogP contribution is -2.29. The highest BCUT2D eigenvalue weighted by atomic mass is 16.3. The third-order valence-electron chi connectivity index (χ3n) is 3.33. The number of allylic oxidation sites excluding steroid dienone is 1. The molecule has 3 nitrogen and oxygen atoms in total. The van der Waals surface area contributed by atoms with E-state index in [4.69, 9.17) is 5.11 Å². The predicted molar refractivity (Wildman–Crippen MR) is 76.3 cm³/mol. The summed E-state index contributed by atoms with van der Waals surface area (Å²) in [5.74, 6) is 0.355. The van der Waals surface area contributed by atoms with Crippen molar-refractivity contribution in [3.8, 4) is 0 Å². The molecule has 0 saturated heterocycles. The quantitative estimate of drug-likeness (QED) is 0.687. The van der Waals surface area contributed by atoms with Crippen LogP contribution in [0.5, 0.6) is 0 Å². The fourth-order valence-electron chi connectivity index (χ4n) is 1.65. The Kier molecular flexibility index (Phi) is 7.92. The molecule has 0 aromatic rings. The molecule has 0 bridgehead atoms. The maximum Gasteiger partial charge on any atom is 0.243 e. The van der Waals surface area contributed by atoms with Crippen LogP contribution in [0.1, 0.15) is 53.9 Å². The molecule has 0 rings (SSSR count). The lowest BCUT2D eigenvalue weighted by Gasteiger charge is -2.20. The zero-order chi connectivity index (χ0) is 14.2. The summed E-state index contributed by atoms with van der Waals surface area (Å²) in [6, 6.07) is 0. The molecule has 0 aliphatic rings. The fourth-order valence-corrected chi connectivity index (χ4v) is 1.65. The molecule has 0 aromatic carbocycles. The summed E-state index contributed by atoms with van der Waals surface area (Å²) in [6.45, 7) is 11.2. The van der Waals surface area contributed by atoms with Gasteiger partial charge < -0.3 is 10.4 Å². The van der Waals surface area contributed by atoms with Crippen LogP contribution in [0.4, 0.5) is 0 Å². The molecule has 0 aromatic heterocycles. The fraction of sp³-hybridized carbons (Fsp3) is 0.800. The van der Waals surface area contributed by atoms with Crippen molar-refractivity contribution in [3.63, 3.8) is 0 Å². The Hall–Kier alpha value is -0.830. The van der Waals surface area contributed by atoms with Gasteiger partial charge in [0.1, 0.15) is 0 Å². The maximum atomic E-state index is 11.8. The molecule has 2 N–H and O–H groups in total. The van der Waals surface area contributed by atoms with E-state index in [0.717, 1.165) is 24.8 Å². The average Bonchev–Trinajstić information content (AvgIpc) is 2.25. The number of carbonyl (C=O) groups excluding carboxylic acids is 1. The number of aliphatic hydroxyl groups is 1. The Morgan fingerprint density at radius 3 is 2.39 bits per heavy atom. The molecule has 106 valence electrons. The van der Waals surface area contributed by atoms with Crippen molar-refractivity contribution in [2.24, 2.45) is 11.3 Å². The van der Waals surface area contributed by atoms with Gasteiger partial charge in [-0.1, -0.05) is 39.7 Å². The molecule has 1 unspecified atom stereocenters. The molecular weight excluding hydrogens is 226 g/mol. The van der Waals surface area contributed by atoms with Crippen molar-refractivity contribution >= 4 is 5.91 Å². The molecule has 0 heterocycles. The van der Waals surface area contributed by atoms with E-state index in [-0.39, 0.29) is 17.9 Å². The molecule has 1 amide bonds.